The van der Waals surface area contributed by atoms with E-state index in [0.29, 0.717) is 0 Å². The number of hydrogen-bond acceptors (Lipinski definition) is 3. The van der Waals surface area contributed by atoms with Crippen molar-refractivity contribution < 1.29 is 4.74 Å². The first-order valence-corrected chi connectivity index (χ1v) is 8.87. The summed E-state index contributed by atoms with van der Waals surface area (Å²) in [5.74, 6) is 0.930. The van der Waals surface area contributed by atoms with Crippen LogP contribution in [0.25, 0.3) is 11.3 Å². The second-order valence-corrected chi connectivity index (χ2v) is 5.91. The van der Waals surface area contributed by atoms with Crippen LogP contribution in [0.4, 0.5) is 0 Å². The Kier molecular flexibility index (Phi) is 7.58. The Bertz CT molecular complexity index is 583. The van der Waals surface area contributed by atoms with Crippen LogP contribution < -0.4 is 4.74 Å². The first-order valence-electron chi connectivity index (χ1n) is 8.87. The number of hydrogen-bond donors (Lipinski definition) is 0. The predicted molar refractivity (Wildman–Crippen MR) is 95.7 cm³/mol. The summed E-state index contributed by atoms with van der Waals surface area (Å²) in [6, 6.07) is 8.21. The summed E-state index contributed by atoms with van der Waals surface area (Å²) in [6.45, 7) is 5.19. The summed E-state index contributed by atoms with van der Waals surface area (Å²) < 4.78 is 6.01. The molecule has 0 aliphatic heterocycles. The maximum Gasteiger partial charge on any atom is 0.128 e. The molecule has 0 saturated carbocycles. The van der Waals surface area contributed by atoms with Crippen LogP contribution in [0.5, 0.6) is 5.75 Å². The molecule has 3 nitrogen and oxygen atoms in total. The third kappa shape index (κ3) is 5.34. The van der Waals surface area contributed by atoms with Crippen molar-refractivity contribution in [2.75, 3.05) is 6.61 Å². The van der Waals surface area contributed by atoms with Crippen molar-refractivity contribution in [1.29, 1.82) is 0 Å². The van der Waals surface area contributed by atoms with Crippen LogP contribution in [0.15, 0.2) is 36.8 Å². The van der Waals surface area contributed by atoms with E-state index in [-0.39, 0.29) is 0 Å². The molecule has 1 aromatic heterocycles. The molecule has 0 fully saturated rings. The molecule has 2 rings (SSSR count). The zero-order valence-corrected chi connectivity index (χ0v) is 14.4. The quantitative estimate of drug-likeness (QED) is 0.547. The molecule has 0 saturated heterocycles. The van der Waals surface area contributed by atoms with Gasteiger partial charge in [-0.2, -0.15) is 0 Å². The Morgan fingerprint density at radius 3 is 2.57 bits per heavy atom. The van der Waals surface area contributed by atoms with E-state index in [1.165, 1.54) is 37.7 Å². The average Bonchev–Trinajstić information content (AvgIpc) is 2.60. The topological polar surface area (TPSA) is 35.0 Å². The van der Waals surface area contributed by atoms with Crippen LogP contribution in [-0.2, 0) is 6.42 Å². The van der Waals surface area contributed by atoms with Gasteiger partial charge in [-0.3, -0.25) is 0 Å². The van der Waals surface area contributed by atoms with Crippen LogP contribution >= 0.6 is 0 Å². The van der Waals surface area contributed by atoms with E-state index < -0.39 is 0 Å². The zero-order valence-electron chi connectivity index (χ0n) is 14.4. The first-order chi connectivity index (χ1) is 11.4. The highest BCUT2D eigenvalue weighted by Gasteiger charge is 2.12. The molecule has 0 aliphatic rings. The molecule has 3 heteroatoms. The summed E-state index contributed by atoms with van der Waals surface area (Å²) in [5.41, 5.74) is 3.31. The van der Waals surface area contributed by atoms with Crippen molar-refractivity contribution in [3.05, 3.63) is 42.4 Å². The fraction of sp³-hybridized carbons (Fsp3) is 0.500. The molecular weight excluding hydrogens is 284 g/mol. The molecule has 0 radical (unpaired) electrons. The standard InChI is InChI=1S/C20H28N2O/c1-3-5-7-11-17-15-21-16-22-20(17)18-12-8-9-13-19(18)23-14-10-6-4-2/h8-9,12-13,15-16H,3-7,10-11,14H2,1-2H3. The van der Waals surface area contributed by atoms with Gasteiger partial charge in [0.25, 0.3) is 0 Å². The Labute approximate surface area is 140 Å². The van der Waals surface area contributed by atoms with Crippen molar-refractivity contribution in [2.24, 2.45) is 0 Å². The third-order valence-electron chi connectivity index (χ3n) is 3.99. The van der Waals surface area contributed by atoms with E-state index in [1.807, 2.05) is 24.4 Å². The van der Waals surface area contributed by atoms with Gasteiger partial charge in [0.05, 0.1) is 12.3 Å². The predicted octanol–water partition coefficient (Wildman–Crippen LogP) is 5.45. The molecule has 2 aromatic rings. The van der Waals surface area contributed by atoms with Gasteiger partial charge in [-0.05, 0) is 37.0 Å². The van der Waals surface area contributed by atoms with E-state index in [9.17, 15) is 0 Å². The van der Waals surface area contributed by atoms with Gasteiger partial charge < -0.3 is 4.74 Å². The lowest BCUT2D eigenvalue weighted by Crippen LogP contribution is -2.01. The van der Waals surface area contributed by atoms with Crippen molar-refractivity contribution in [1.82, 2.24) is 9.97 Å². The Hall–Kier alpha value is -1.90. The lowest BCUT2D eigenvalue weighted by atomic mass is 10.0. The number of para-hydroxylation sites is 1. The van der Waals surface area contributed by atoms with E-state index in [0.717, 1.165) is 36.5 Å². The highest BCUT2D eigenvalue weighted by Crippen LogP contribution is 2.31. The molecule has 0 unspecified atom stereocenters. The van der Waals surface area contributed by atoms with E-state index in [2.05, 4.69) is 29.9 Å². The summed E-state index contributed by atoms with van der Waals surface area (Å²) in [6.07, 6.45) is 11.8. The Morgan fingerprint density at radius 1 is 0.957 bits per heavy atom. The molecule has 0 atom stereocenters. The lowest BCUT2D eigenvalue weighted by Gasteiger charge is -2.13. The van der Waals surface area contributed by atoms with Gasteiger partial charge in [-0.15, -0.1) is 0 Å². The van der Waals surface area contributed by atoms with Crippen LogP contribution in [0.1, 0.15) is 57.9 Å². The number of aryl methyl sites for hydroxylation is 1. The number of rotatable bonds is 10. The third-order valence-corrected chi connectivity index (χ3v) is 3.99. The SMILES string of the molecule is CCCCCOc1ccccc1-c1ncncc1CCCCC. The Balaban J connectivity index is 2.17. The number of unbranched alkanes of at least 4 members (excludes halogenated alkanes) is 4. The van der Waals surface area contributed by atoms with Crippen LogP contribution in [0.2, 0.25) is 0 Å². The van der Waals surface area contributed by atoms with E-state index in [4.69, 9.17) is 4.74 Å². The van der Waals surface area contributed by atoms with Crippen molar-refractivity contribution in [3.8, 4) is 17.0 Å². The largest absolute Gasteiger partial charge is 0.493 e. The minimum absolute atomic E-state index is 0.765. The van der Waals surface area contributed by atoms with Crippen molar-refractivity contribution in [3.63, 3.8) is 0 Å². The zero-order chi connectivity index (χ0) is 16.3. The van der Waals surface area contributed by atoms with Gasteiger partial charge >= 0.3 is 0 Å². The molecule has 1 heterocycles. The minimum Gasteiger partial charge on any atom is -0.493 e. The molecule has 124 valence electrons. The molecule has 0 amide bonds. The smallest absolute Gasteiger partial charge is 0.128 e. The maximum atomic E-state index is 6.01. The highest BCUT2D eigenvalue weighted by atomic mass is 16.5. The second kappa shape index (κ2) is 9.98. The van der Waals surface area contributed by atoms with E-state index >= 15 is 0 Å². The van der Waals surface area contributed by atoms with Crippen molar-refractivity contribution >= 4 is 0 Å². The monoisotopic (exact) mass is 312 g/mol. The molecular formula is C20H28N2O. The van der Waals surface area contributed by atoms with Gasteiger partial charge in [-0.1, -0.05) is 51.7 Å². The molecule has 0 aliphatic carbocycles. The summed E-state index contributed by atoms with van der Waals surface area (Å²) >= 11 is 0. The number of benzene rings is 1. The normalized spacial score (nSPS) is 10.7. The van der Waals surface area contributed by atoms with Crippen molar-refractivity contribution in [2.45, 2.75) is 58.8 Å². The van der Waals surface area contributed by atoms with Crippen LogP contribution in [0.3, 0.4) is 0 Å². The summed E-state index contributed by atoms with van der Waals surface area (Å²) in [5, 5.41) is 0. The molecule has 0 bridgehead atoms. The van der Waals surface area contributed by atoms with Gasteiger partial charge in [0.2, 0.25) is 0 Å². The highest BCUT2D eigenvalue weighted by molar-refractivity contribution is 5.69. The molecule has 0 spiro atoms. The lowest BCUT2D eigenvalue weighted by molar-refractivity contribution is 0.307. The van der Waals surface area contributed by atoms with Crippen LogP contribution in [0, 0.1) is 0 Å². The fourth-order valence-corrected chi connectivity index (χ4v) is 2.67. The van der Waals surface area contributed by atoms with Gasteiger partial charge in [0.15, 0.2) is 0 Å². The number of ether oxygens (including phenoxy) is 1. The van der Waals surface area contributed by atoms with Gasteiger partial charge in [0.1, 0.15) is 12.1 Å². The van der Waals surface area contributed by atoms with E-state index in [1.54, 1.807) is 6.33 Å². The number of nitrogens with zero attached hydrogens (tertiary/aromatic N) is 2. The second-order valence-electron chi connectivity index (χ2n) is 5.91. The molecule has 0 N–H and O–H groups in total. The van der Waals surface area contributed by atoms with Gasteiger partial charge in [0, 0.05) is 11.8 Å². The summed E-state index contributed by atoms with van der Waals surface area (Å²) in [4.78, 5) is 8.76. The van der Waals surface area contributed by atoms with Crippen LogP contribution in [-0.4, -0.2) is 16.6 Å². The maximum absolute atomic E-state index is 6.01. The first kappa shape index (κ1) is 17.5. The number of aromatic nitrogens is 2. The Morgan fingerprint density at radius 2 is 1.74 bits per heavy atom. The van der Waals surface area contributed by atoms with Gasteiger partial charge in [-0.25, -0.2) is 9.97 Å². The fourth-order valence-electron chi connectivity index (χ4n) is 2.67. The molecule has 1 aromatic carbocycles. The summed E-state index contributed by atoms with van der Waals surface area (Å²) in [7, 11) is 0. The minimum atomic E-state index is 0.765. The molecule has 23 heavy (non-hydrogen) atoms. The average molecular weight is 312 g/mol.